The zero-order valence-corrected chi connectivity index (χ0v) is 11.2. The third-order valence-corrected chi connectivity index (χ3v) is 3.70. The van der Waals surface area contributed by atoms with E-state index < -0.39 is 36.0 Å². The lowest BCUT2D eigenvalue weighted by Crippen LogP contribution is -2.36. The minimum absolute atomic E-state index is 0.191. The molecule has 1 heterocycles. The van der Waals surface area contributed by atoms with Gasteiger partial charge in [-0.3, -0.25) is 10.1 Å². The molecule has 6 nitrogen and oxygen atoms in total. The maximum atomic E-state index is 12.5. The Morgan fingerprint density at radius 3 is 2.55 bits per heavy atom. The topological polar surface area (TPSA) is 86.8 Å². The molecule has 0 saturated carbocycles. The summed E-state index contributed by atoms with van der Waals surface area (Å²) in [6.07, 6.45) is -5.58. The van der Waals surface area contributed by atoms with Crippen molar-refractivity contribution in [2.24, 2.45) is 0 Å². The van der Waals surface area contributed by atoms with Crippen LogP contribution in [0.3, 0.4) is 0 Å². The van der Waals surface area contributed by atoms with Crippen LogP contribution in [-0.2, 0) is 0 Å². The van der Waals surface area contributed by atoms with Crippen LogP contribution in [0.25, 0.3) is 0 Å². The lowest BCUT2D eigenvalue weighted by Gasteiger charge is -2.22. The van der Waals surface area contributed by atoms with Gasteiger partial charge in [-0.05, 0) is 6.92 Å². The summed E-state index contributed by atoms with van der Waals surface area (Å²) >= 11 is 0.708. The van der Waals surface area contributed by atoms with Gasteiger partial charge in [0, 0.05) is 17.5 Å². The first-order valence-corrected chi connectivity index (χ1v) is 6.36. The Labute approximate surface area is 116 Å². The summed E-state index contributed by atoms with van der Waals surface area (Å²) in [5.41, 5.74) is -0.511. The van der Waals surface area contributed by atoms with Crippen LogP contribution in [0.5, 0.6) is 0 Å². The first kappa shape index (κ1) is 16.7. The fourth-order valence-electron chi connectivity index (χ4n) is 1.54. The maximum Gasteiger partial charge on any atom is 0.405 e. The van der Waals surface area contributed by atoms with E-state index in [9.17, 15) is 28.4 Å². The molecule has 0 radical (unpaired) electrons. The second-order valence-electron chi connectivity index (χ2n) is 4.03. The van der Waals surface area contributed by atoms with E-state index in [1.807, 2.05) is 0 Å². The van der Waals surface area contributed by atoms with Gasteiger partial charge in [0.25, 0.3) is 0 Å². The van der Waals surface area contributed by atoms with Crippen molar-refractivity contribution in [1.82, 2.24) is 0 Å². The van der Waals surface area contributed by atoms with Crippen molar-refractivity contribution in [2.75, 3.05) is 24.6 Å². The standard InChI is InChI=1S/C10H13F3N2O4S/c1-6(17)8-4-7(15(18)19)9(20-8)14(2-3-16)5-10(11,12)13/h4,6,16-17H,2-3,5H2,1H3/t6-/m0/s1. The van der Waals surface area contributed by atoms with Crippen LogP contribution in [0.15, 0.2) is 6.07 Å². The van der Waals surface area contributed by atoms with Gasteiger partial charge in [0.15, 0.2) is 5.00 Å². The number of hydrogen-bond donors (Lipinski definition) is 2. The second-order valence-corrected chi connectivity index (χ2v) is 5.09. The van der Waals surface area contributed by atoms with Crippen LogP contribution < -0.4 is 4.90 Å². The summed E-state index contributed by atoms with van der Waals surface area (Å²) in [5.74, 6) is 0. The molecule has 0 fully saturated rings. The Balaban J connectivity index is 3.20. The Morgan fingerprint density at radius 1 is 1.55 bits per heavy atom. The number of halogens is 3. The number of thiophene rings is 1. The largest absolute Gasteiger partial charge is 0.405 e. The molecule has 0 bridgehead atoms. The molecular formula is C10H13F3N2O4S. The summed E-state index contributed by atoms with van der Waals surface area (Å²) < 4.78 is 37.4. The van der Waals surface area contributed by atoms with Crippen molar-refractivity contribution in [3.05, 3.63) is 21.1 Å². The molecule has 1 aromatic heterocycles. The Morgan fingerprint density at radius 2 is 2.15 bits per heavy atom. The van der Waals surface area contributed by atoms with Crippen LogP contribution in [-0.4, -0.2) is 41.0 Å². The molecule has 0 aliphatic heterocycles. The highest BCUT2D eigenvalue weighted by atomic mass is 32.1. The second kappa shape index (κ2) is 6.37. The molecule has 0 aromatic carbocycles. The van der Waals surface area contributed by atoms with Crippen molar-refractivity contribution < 1.29 is 28.3 Å². The van der Waals surface area contributed by atoms with E-state index >= 15 is 0 Å². The van der Waals surface area contributed by atoms with E-state index in [4.69, 9.17) is 5.11 Å². The number of rotatable bonds is 6. The molecule has 0 aliphatic rings. The molecule has 20 heavy (non-hydrogen) atoms. The van der Waals surface area contributed by atoms with Crippen LogP contribution >= 0.6 is 11.3 Å². The molecule has 0 unspecified atom stereocenters. The van der Waals surface area contributed by atoms with Crippen molar-refractivity contribution in [3.8, 4) is 0 Å². The lowest BCUT2D eigenvalue weighted by molar-refractivity contribution is -0.383. The predicted octanol–water partition coefficient (Wildman–Crippen LogP) is 2.07. The Hall–Kier alpha value is -1.39. The zero-order valence-electron chi connectivity index (χ0n) is 10.4. The van der Waals surface area contributed by atoms with Crippen molar-refractivity contribution >= 4 is 22.0 Å². The molecule has 10 heteroatoms. The average molecular weight is 314 g/mol. The first-order valence-electron chi connectivity index (χ1n) is 5.54. The predicted molar refractivity (Wildman–Crippen MR) is 67.0 cm³/mol. The van der Waals surface area contributed by atoms with Gasteiger partial charge in [-0.1, -0.05) is 0 Å². The number of alkyl halides is 3. The number of nitro groups is 1. The van der Waals surface area contributed by atoms with Gasteiger partial charge in [0.05, 0.1) is 17.6 Å². The molecule has 1 rings (SSSR count). The van der Waals surface area contributed by atoms with Gasteiger partial charge in [0.2, 0.25) is 0 Å². The number of hydrogen-bond acceptors (Lipinski definition) is 6. The first-order chi connectivity index (χ1) is 9.15. The Kier molecular flexibility index (Phi) is 5.31. The van der Waals surface area contributed by atoms with Gasteiger partial charge in [-0.25, -0.2) is 0 Å². The third-order valence-electron chi connectivity index (χ3n) is 2.35. The molecule has 0 saturated heterocycles. The molecule has 0 spiro atoms. The van der Waals surface area contributed by atoms with Crippen molar-refractivity contribution in [1.29, 1.82) is 0 Å². The summed E-state index contributed by atoms with van der Waals surface area (Å²) in [6.45, 7) is -1.01. The average Bonchev–Trinajstić information content (AvgIpc) is 2.71. The third kappa shape index (κ3) is 4.32. The summed E-state index contributed by atoms with van der Waals surface area (Å²) in [4.78, 5) is 11.0. The minimum Gasteiger partial charge on any atom is -0.395 e. The fraction of sp³-hybridized carbons (Fsp3) is 0.600. The van der Waals surface area contributed by atoms with Crippen molar-refractivity contribution in [2.45, 2.75) is 19.2 Å². The Bertz CT molecular complexity index is 476. The molecule has 0 amide bonds. The highest BCUT2D eigenvalue weighted by molar-refractivity contribution is 7.16. The van der Waals surface area contributed by atoms with E-state index in [-0.39, 0.29) is 16.4 Å². The van der Waals surface area contributed by atoms with E-state index in [0.717, 1.165) is 6.07 Å². The van der Waals surface area contributed by atoms with E-state index in [0.29, 0.717) is 16.2 Å². The van der Waals surface area contributed by atoms with Crippen LogP contribution in [0.1, 0.15) is 17.9 Å². The molecule has 1 aromatic rings. The van der Waals surface area contributed by atoms with Crippen LogP contribution in [0, 0.1) is 10.1 Å². The zero-order chi connectivity index (χ0) is 15.5. The van der Waals surface area contributed by atoms with Gasteiger partial charge < -0.3 is 15.1 Å². The monoisotopic (exact) mass is 314 g/mol. The van der Waals surface area contributed by atoms with Crippen LogP contribution in [0.2, 0.25) is 0 Å². The van der Waals surface area contributed by atoms with Gasteiger partial charge in [0.1, 0.15) is 6.54 Å². The van der Waals surface area contributed by atoms with Gasteiger partial charge in [-0.2, -0.15) is 13.2 Å². The molecule has 0 aliphatic carbocycles. The quantitative estimate of drug-likeness (QED) is 0.620. The van der Waals surface area contributed by atoms with E-state index in [2.05, 4.69) is 0 Å². The minimum atomic E-state index is -4.56. The van der Waals surface area contributed by atoms with Crippen molar-refractivity contribution in [3.63, 3.8) is 0 Å². The number of anilines is 1. The molecule has 1 atom stereocenters. The smallest absolute Gasteiger partial charge is 0.395 e. The summed E-state index contributed by atoms with van der Waals surface area (Å²) in [6, 6.07) is 1.05. The fourth-order valence-corrected chi connectivity index (χ4v) is 2.63. The maximum absolute atomic E-state index is 12.5. The normalized spacial score (nSPS) is 13.3. The highest BCUT2D eigenvalue weighted by Gasteiger charge is 2.34. The molecular weight excluding hydrogens is 301 g/mol. The summed E-state index contributed by atoms with van der Waals surface area (Å²) in [7, 11) is 0. The highest BCUT2D eigenvalue weighted by Crippen LogP contribution is 2.40. The molecule has 2 N–H and O–H groups in total. The van der Waals surface area contributed by atoms with Crippen LogP contribution in [0.4, 0.5) is 23.9 Å². The SMILES string of the molecule is C[C@H](O)c1cc([N+](=O)[O-])c(N(CCO)CC(F)(F)F)s1. The number of aliphatic hydroxyl groups is 2. The van der Waals surface area contributed by atoms with E-state index in [1.165, 1.54) is 6.92 Å². The number of nitrogens with zero attached hydrogens (tertiary/aromatic N) is 2. The van der Waals surface area contributed by atoms with E-state index in [1.54, 1.807) is 0 Å². The van der Waals surface area contributed by atoms with Gasteiger partial charge in [-0.15, -0.1) is 11.3 Å². The van der Waals surface area contributed by atoms with Gasteiger partial charge >= 0.3 is 11.9 Å². The molecule has 114 valence electrons. The summed E-state index contributed by atoms with van der Waals surface area (Å²) in [5, 5.41) is 28.9. The number of aliphatic hydroxyl groups excluding tert-OH is 2. The lowest BCUT2D eigenvalue weighted by atomic mass is 10.3.